The van der Waals surface area contributed by atoms with E-state index >= 15 is 0 Å². The summed E-state index contributed by atoms with van der Waals surface area (Å²) < 4.78 is 9.44. The molecule has 0 bridgehead atoms. The number of amides is 1. The molecule has 2 aromatic heterocycles. The lowest BCUT2D eigenvalue weighted by atomic mass is 10.1. The molecular weight excluding hydrogens is 472 g/mol. The van der Waals surface area contributed by atoms with Gasteiger partial charge >= 0.3 is 5.97 Å². The highest BCUT2D eigenvalue weighted by Crippen LogP contribution is 2.31. The minimum Gasteiger partial charge on any atom is -0.462 e. The molecule has 5 aromatic rings. The van der Waals surface area contributed by atoms with Gasteiger partial charge in [-0.2, -0.15) is 0 Å². The van der Waals surface area contributed by atoms with E-state index in [9.17, 15) is 9.59 Å². The van der Waals surface area contributed by atoms with Crippen LogP contribution in [0.15, 0.2) is 65.8 Å². The molecule has 184 valence electrons. The smallest absolute Gasteiger partial charge is 0.338 e. The van der Waals surface area contributed by atoms with E-state index in [4.69, 9.17) is 4.74 Å². The SMILES string of the molecule is CCOC(=O)c1ccc2c(c1)nc(SCC(=O)Nc1ccc3c(c1)c1ccccc1n3CC)n2CC. The summed E-state index contributed by atoms with van der Waals surface area (Å²) in [7, 11) is 0. The second-order valence-corrected chi connectivity index (χ2v) is 9.34. The first kappa shape index (κ1) is 23.9. The first-order valence-electron chi connectivity index (χ1n) is 12.1. The third kappa shape index (κ3) is 4.33. The summed E-state index contributed by atoms with van der Waals surface area (Å²) in [6.07, 6.45) is 0. The van der Waals surface area contributed by atoms with Crippen molar-refractivity contribution in [3.05, 3.63) is 66.2 Å². The highest BCUT2D eigenvalue weighted by atomic mass is 32.2. The molecule has 2 heterocycles. The van der Waals surface area contributed by atoms with Gasteiger partial charge in [-0.05, 0) is 63.2 Å². The first-order chi connectivity index (χ1) is 17.5. The monoisotopic (exact) mass is 500 g/mol. The Morgan fingerprint density at radius 1 is 0.889 bits per heavy atom. The Morgan fingerprint density at radius 2 is 1.64 bits per heavy atom. The van der Waals surface area contributed by atoms with E-state index in [1.54, 1.807) is 19.1 Å². The number of carbonyl (C=O) groups excluding carboxylic acids is 2. The number of hydrogen-bond acceptors (Lipinski definition) is 5. The summed E-state index contributed by atoms with van der Waals surface area (Å²) in [5, 5.41) is 6.09. The molecule has 1 amide bonds. The fourth-order valence-corrected chi connectivity index (χ4v) is 5.54. The molecule has 8 heteroatoms. The molecule has 0 aliphatic heterocycles. The van der Waals surface area contributed by atoms with E-state index < -0.39 is 0 Å². The van der Waals surface area contributed by atoms with Crippen LogP contribution in [-0.2, 0) is 22.6 Å². The van der Waals surface area contributed by atoms with Crippen LogP contribution in [0, 0.1) is 0 Å². The molecule has 5 rings (SSSR count). The van der Waals surface area contributed by atoms with Crippen LogP contribution in [0.3, 0.4) is 0 Å². The molecule has 0 fully saturated rings. The lowest BCUT2D eigenvalue weighted by Crippen LogP contribution is -2.14. The van der Waals surface area contributed by atoms with E-state index in [0.717, 1.165) is 33.8 Å². The van der Waals surface area contributed by atoms with Gasteiger partial charge < -0.3 is 19.2 Å². The number of anilines is 1. The fourth-order valence-electron chi connectivity index (χ4n) is 4.66. The Morgan fingerprint density at radius 3 is 2.42 bits per heavy atom. The molecule has 3 aromatic carbocycles. The maximum Gasteiger partial charge on any atom is 0.338 e. The Hall–Kier alpha value is -3.78. The minimum atomic E-state index is -0.363. The Labute approximate surface area is 213 Å². The van der Waals surface area contributed by atoms with E-state index in [2.05, 4.69) is 46.1 Å². The summed E-state index contributed by atoms with van der Waals surface area (Å²) in [6.45, 7) is 7.86. The molecule has 0 saturated heterocycles. The van der Waals surface area contributed by atoms with Crippen molar-refractivity contribution in [2.24, 2.45) is 0 Å². The standard InChI is InChI=1S/C28H28N4O3S/c1-4-31-23-10-8-7-9-20(23)21-16-19(12-14-24(21)31)29-26(33)17-36-28-30-22-15-18(27(34)35-6-3)11-13-25(22)32(28)5-2/h7-16H,4-6,17H2,1-3H3,(H,29,33). The Bertz CT molecular complexity index is 1600. The lowest BCUT2D eigenvalue weighted by molar-refractivity contribution is -0.113. The number of aromatic nitrogens is 3. The van der Waals surface area contributed by atoms with Crippen molar-refractivity contribution in [2.75, 3.05) is 17.7 Å². The van der Waals surface area contributed by atoms with E-state index in [-0.39, 0.29) is 17.6 Å². The number of ether oxygens (including phenoxy) is 1. The number of hydrogen-bond donors (Lipinski definition) is 1. The molecule has 1 N–H and O–H groups in total. The predicted octanol–water partition coefficient (Wildman–Crippen LogP) is 6.09. The highest BCUT2D eigenvalue weighted by Gasteiger charge is 2.16. The lowest BCUT2D eigenvalue weighted by Gasteiger charge is -2.08. The summed E-state index contributed by atoms with van der Waals surface area (Å²) >= 11 is 1.38. The van der Waals surface area contributed by atoms with Gasteiger partial charge in [-0.3, -0.25) is 4.79 Å². The van der Waals surface area contributed by atoms with Crippen molar-refractivity contribution < 1.29 is 14.3 Å². The van der Waals surface area contributed by atoms with Crippen LogP contribution in [-0.4, -0.2) is 38.4 Å². The molecule has 0 atom stereocenters. The maximum atomic E-state index is 12.8. The summed E-state index contributed by atoms with van der Waals surface area (Å²) in [4.78, 5) is 29.6. The summed E-state index contributed by atoms with van der Waals surface area (Å²) in [5.74, 6) is -0.235. The molecular formula is C28H28N4O3S. The zero-order valence-electron chi connectivity index (χ0n) is 20.6. The van der Waals surface area contributed by atoms with Crippen molar-refractivity contribution in [3.63, 3.8) is 0 Å². The number of carbonyl (C=O) groups is 2. The Kier molecular flexibility index (Phi) is 6.69. The van der Waals surface area contributed by atoms with E-state index in [1.165, 1.54) is 22.7 Å². The number of imidazole rings is 1. The van der Waals surface area contributed by atoms with Gasteiger partial charge in [0.25, 0.3) is 0 Å². The highest BCUT2D eigenvalue weighted by molar-refractivity contribution is 7.99. The quantitative estimate of drug-likeness (QED) is 0.206. The molecule has 0 spiro atoms. The number of aryl methyl sites for hydroxylation is 2. The number of para-hydroxylation sites is 1. The van der Waals surface area contributed by atoms with Gasteiger partial charge in [-0.25, -0.2) is 9.78 Å². The largest absolute Gasteiger partial charge is 0.462 e. The zero-order chi connectivity index (χ0) is 25.2. The molecule has 0 saturated carbocycles. The fraction of sp³-hybridized carbons (Fsp3) is 0.250. The molecule has 7 nitrogen and oxygen atoms in total. The zero-order valence-corrected chi connectivity index (χ0v) is 21.4. The van der Waals surface area contributed by atoms with Crippen LogP contribution in [0.1, 0.15) is 31.1 Å². The topological polar surface area (TPSA) is 78.2 Å². The average Bonchev–Trinajstić information content (AvgIpc) is 3.41. The summed E-state index contributed by atoms with van der Waals surface area (Å²) in [5.41, 5.74) is 5.23. The number of esters is 1. The number of thioether (sulfide) groups is 1. The normalized spacial score (nSPS) is 11.4. The van der Waals surface area contributed by atoms with E-state index in [0.29, 0.717) is 24.2 Å². The second-order valence-electron chi connectivity index (χ2n) is 8.39. The summed E-state index contributed by atoms with van der Waals surface area (Å²) in [6, 6.07) is 19.8. The number of nitrogens with zero attached hydrogens (tertiary/aromatic N) is 3. The van der Waals surface area contributed by atoms with Crippen LogP contribution in [0.2, 0.25) is 0 Å². The predicted molar refractivity (Wildman–Crippen MR) is 146 cm³/mol. The third-order valence-corrected chi connectivity index (χ3v) is 7.22. The molecule has 0 unspecified atom stereocenters. The number of fused-ring (bicyclic) bond motifs is 4. The van der Waals surface area contributed by atoms with Crippen LogP contribution < -0.4 is 5.32 Å². The molecule has 36 heavy (non-hydrogen) atoms. The van der Waals surface area contributed by atoms with Gasteiger partial charge in [0.1, 0.15) is 0 Å². The van der Waals surface area contributed by atoms with Crippen molar-refractivity contribution in [1.82, 2.24) is 14.1 Å². The molecule has 0 aliphatic carbocycles. The van der Waals surface area contributed by atoms with Crippen LogP contribution in [0.5, 0.6) is 0 Å². The van der Waals surface area contributed by atoms with Crippen molar-refractivity contribution in [2.45, 2.75) is 39.0 Å². The number of nitrogens with one attached hydrogen (secondary N) is 1. The van der Waals surface area contributed by atoms with Crippen LogP contribution >= 0.6 is 11.8 Å². The number of benzene rings is 3. The maximum absolute atomic E-state index is 12.8. The second kappa shape index (κ2) is 10.1. The van der Waals surface area contributed by atoms with Crippen molar-refractivity contribution in [3.8, 4) is 0 Å². The molecule has 0 radical (unpaired) electrons. The van der Waals surface area contributed by atoms with Gasteiger partial charge in [0.15, 0.2) is 5.16 Å². The molecule has 0 aliphatic rings. The minimum absolute atomic E-state index is 0.0968. The van der Waals surface area contributed by atoms with Crippen molar-refractivity contribution in [1.29, 1.82) is 0 Å². The van der Waals surface area contributed by atoms with Gasteiger partial charge in [0.05, 0.1) is 29.0 Å². The van der Waals surface area contributed by atoms with E-state index in [1.807, 2.05) is 35.8 Å². The Balaban J connectivity index is 1.34. The van der Waals surface area contributed by atoms with Gasteiger partial charge in [0.2, 0.25) is 5.91 Å². The van der Waals surface area contributed by atoms with Crippen LogP contribution in [0.25, 0.3) is 32.8 Å². The van der Waals surface area contributed by atoms with Gasteiger partial charge in [0, 0.05) is 40.6 Å². The average molecular weight is 501 g/mol. The van der Waals surface area contributed by atoms with Crippen molar-refractivity contribution >= 4 is 62.2 Å². The first-order valence-corrected chi connectivity index (χ1v) is 13.1. The third-order valence-electron chi connectivity index (χ3n) is 6.25. The number of rotatable bonds is 8. The van der Waals surface area contributed by atoms with Gasteiger partial charge in [-0.15, -0.1) is 0 Å². The van der Waals surface area contributed by atoms with Gasteiger partial charge in [-0.1, -0.05) is 30.0 Å². The van der Waals surface area contributed by atoms with Crippen LogP contribution in [0.4, 0.5) is 5.69 Å².